The highest BCUT2D eigenvalue weighted by molar-refractivity contribution is 7.89. The van der Waals surface area contributed by atoms with E-state index in [1.807, 2.05) is 24.3 Å². The van der Waals surface area contributed by atoms with E-state index in [4.69, 9.17) is 9.15 Å². The number of carbonyl (C=O) groups is 1. The molecule has 8 heteroatoms. The second-order valence-electron chi connectivity index (χ2n) is 7.90. The number of nitrogens with one attached hydrogen (secondary N) is 1. The molecule has 0 bridgehead atoms. The van der Waals surface area contributed by atoms with E-state index in [9.17, 15) is 13.2 Å². The molecule has 1 aliphatic rings. The number of hydrogen-bond acceptors (Lipinski definition) is 5. The number of carbonyl (C=O) groups excluding carboxylic acids is 1. The molecule has 7 nitrogen and oxygen atoms in total. The number of nitrogens with zero attached hydrogens (tertiary/aromatic N) is 1. The van der Waals surface area contributed by atoms with Gasteiger partial charge < -0.3 is 14.1 Å². The Kier molecular flexibility index (Phi) is 5.54. The number of likely N-dealkylation sites (tertiary alicyclic amines) is 1. The van der Waals surface area contributed by atoms with E-state index in [1.54, 1.807) is 32.8 Å². The van der Waals surface area contributed by atoms with E-state index < -0.39 is 15.6 Å². The zero-order valence-electron chi connectivity index (χ0n) is 16.6. The molecule has 3 rings (SSSR count). The van der Waals surface area contributed by atoms with Gasteiger partial charge in [-0.1, -0.05) is 12.1 Å². The van der Waals surface area contributed by atoms with Gasteiger partial charge in [0, 0.05) is 12.1 Å². The fourth-order valence-corrected chi connectivity index (χ4v) is 4.71. The first kappa shape index (κ1) is 20.4. The van der Waals surface area contributed by atoms with Gasteiger partial charge in [-0.15, -0.1) is 0 Å². The topological polar surface area (TPSA) is 88.8 Å². The van der Waals surface area contributed by atoms with Gasteiger partial charge in [0.15, 0.2) is 5.76 Å². The molecule has 0 saturated carbocycles. The van der Waals surface area contributed by atoms with Gasteiger partial charge in [-0.3, -0.25) is 4.79 Å². The maximum atomic E-state index is 13.0. The lowest BCUT2D eigenvalue weighted by molar-refractivity contribution is 0.0697. The van der Waals surface area contributed by atoms with Gasteiger partial charge in [0.25, 0.3) is 15.9 Å². The number of ether oxygens (including phenoxy) is 1. The Morgan fingerprint density at radius 2 is 1.86 bits per heavy atom. The Morgan fingerprint density at radius 3 is 2.46 bits per heavy atom. The molecule has 1 atom stereocenters. The van der Waals surface area contributed by atoms with E-state index in [2.05, 4.69) is 4.72 Å². The number of furan rings is 1. The molecular weight excluding hydrogens is 380 g/mol. The number of hydrogen-bond donors (Lipinski definition) is 1. The monoisotopic (exact) mass is 406 g/mol. The van der Waals surface area contributed by atoms with Crippen LogP contribution < -0.4 is 9.46 Å². The molecule has 1 saturated heterocycles. The van der Waals surface area contributed by atoms with Crippen LogP contribution in [0.2, 0.25) is 0 Å². The fourth-order valence-electron chi connectivity index (χ4n) is 3.36. The second kappa shape index (κ2) is 7.60. The van der Waals surface area contributed by atoms with Crippen molar-refractivity contribution < 1.29 is 22.4 Å². The van der Waals surface area contributed by atoms with Crippen molar-refractivity contribution in [3.05, 3.63) is 47.7 Å². The highest BCUT2D eigenvalue weighted by Crippen LogP contribution is 2.34. The van der Waals surface area contributed by atoms with Crippen LogP contribution in [0.3, 0.4) is 0 Å². The first-order valence-electron chi connectivity index (χ1n) is 9.19. The van der Waals surface area contributed by atoms with Gasteiger partial charge in [0.1, 0.15) is 5.75 Å². The van der Waals surface area contributed by atoms with Crippen LogP contribution in [0.5, 0.6) is 5.75 Å². The summed E-state index contributed by atoms with van der Waals surface area (Å²) in [5.41, 5.74) is 0.366. The van der Waals surface area contributed by atoms with Crippen LogP contribution in [-0.2, 0) is 10.0 Å². The summed E-state index contributed by atoms with van der Waals surface area (Å²) >= 11 is 0. The summed E-state index contributed by atoms with van der Waals surface area (Å²) in [4.78, 5) is 14.7. The van der Waals surface area contributed by atoms with Crippen molar-refractivity contribution in [2.24, 2.45) is 0 Å². The van der Waals surface area contributed by atoms with Crippen LogP contribution in [0.4, 0.5) is 0 Å². The van der Waals surface area contributed by atoms with Crippen molar-refractivity contribution in [2.45, 2.75) is 50.3 Å². The minimum Gasteiger partial charge on any atom is -0.497 e. The number of rotatable bonds is 5. The molecule has 1 unspecified atom stereocenters. The molecule has 2 aromatic rings. The van der Waals surface area contributed by atoms with E-state index in [0.717, 1.165) is 24.2 Å². The van der Waals surface area contributed by atoms with Crippen LogP contribution >= 0.6 is 0 Å². The van der Waals surface area contributed by atoms with Gasteiger partial charge in [-0.2, -0.15) is 0 Å². The number of amides is 1. The van der Waals surface area contributed by atoms with Crippen molar-refractivity contribution in [3.63, 3.8) is 0 Å². The molecule has 152 valence electrons. The molecule has 1 N–H and O–H groups in total. The molecule has 1 amide bonds. The van der Waals surface area contributed by atoms with E-state index in [-0.39, 0.29) is 22.8 Å². The van der Waals surface area contributed by atoms with Crippen molar-refractivity contribution in [1.29, 1.82) is 0 Å². The van der Waals surface area contributed by atoms with E-state index in [0.29, 0.717) is 6.54 Å². The van der Waals surface area contributed by atoms with Crippen LogP contribution in [-0.4, -0.2) is 38.4 Å². The summed E-state index contributed by atoms with van der Waals surface area (Å²) in [6.07, 6.45) is 1.72. The lowest BCUT2D eigenvalue weighted by Crippen LogP contribution is -2.40. The van der Waals surface area contributed by atoms with Crippen molar-refractivity contribution in [3.8, 4) is 5.75 Å². The van der Waals surface area contributed by atoms with E-state index >= 15 is 0 Å². The molecule has 0 radical (unpaired) electrons. The van der Waals surface area contributed by atoms with Gasteiger partial charge in [-0.05, 0) is 63.4 Å². The minimum absolute atomic E-state index is 0.0229. The summed E-state index contributed by atoms with van der Waals surface area (Å²) in [6.45, 7) is 5.81. The average molecular weight is 407 g/mol. The quantitative estimate of drug-likeness (QED) is 0.823. The predicted octanol–water partition coefficient (Wildman–Crippen LogP) is 3.34. The summed E-state index contributed by atoms with van der Waals surface area (Å²) in [7, 11) is -2.22. The Morgan fingerprint density at radius 1 is 1.18 bits per heavy atom. The Labute approximate surface area is 165 Å². The minimum atomic E-state index is -3.83. The zero-order chi connectivity index (χ0) is 20.5. The SMILES string of the molecule is COc1ccc(C2CCCN2C(=O)c2ccc(S(=O)(=O)NC(C)(C)C)o2)cc1. The summed E-state index contributed by atoms with van der Waals surface area (Å²) < 4.78 is 38.0. The van der Waals surface area contributed by atoms with Crippen LogP contribution in [0.15, 0.2) is 45.9 Å². The van der Waals surface area contributed by atoms with Crippen LogP contribution in [0, 0.1) is 0 Å². The summed E-state index contributed by atoms with van der Waals surface area (Å²) in [5.74, 6) is 0.470. The Bertz CT molecular complexity index is 942. The van der Waals surface area contributed by atoms with Gasteiger partial charge in [-0.25, -0.2) is 13.1 Å². The number of benzene rings is 1. The Hall–Kier alpha value is -2.32. The standard InChI is InChI=1S/C20H26N2O5S/c1-20(2,3)21-28(24,25)18-12-11-17(27-18)19(23)22-13-5-6-16(22)14-7-9-15(26-4)10-8-14/h7-12,16,21H,5-6,13H2,1-4H3. The molecule has 1 aromatic heterocycles. The number of sulfonamides is 1. The molecule has 0 spiro atoms. The molecule has 0 aliphatic carbocycles. The third-order valence-electron chi connectivity index (χ3n) is 4.51. The van der Waals surface area contributed by atoms with Crippen molar-refractivity contribution in [2.75, 3.05) is 13.7 Å². The number of methoxy groups -OCH3 is 1. The molecule has 2 heterocycles. The van der Waals surface area contributed by atoms with Crippen molar-refractivity contribution >= 4 is 15.9 Å². The maximum Gasteiger partial charge on any atom is 0.290 e. The first-order chi connectivity index (χ1) is 13.1. The third kappa shape index (κ3) is 4.39. The maximum absolute atomic E-state index is 13.0. The summed E-state index contributed by atoms with van der Waals surface area (Å²) in [6, 6.07) is 10.3. The highest BCUT2D eigenvalue weighted by atomic mass is 32.2. The lowest BCUT2D eigenvalue weighted by atomic mass is 10.0. The second-order valence-corrected chi connectivity index (χ2v) is 9.52. The first-order valence-corrected chi connectivity index (χ1v) is 10.7. The van der Waals surface area contributed by atoms with Crippen molar-refractivity contribution in [1.82, 2.24) is 9.62 Å². The van der Waals surface area contributed by atoms with Crippen LogP contribution in [0.1, 0.15) is 55.8 Å². The van der Waals surface area contributed by atoms with Gasteiger partial charge in [0.2, 0.25) is 5.09 Å². The van der Waals surface area contributed by atoms with Crippen LogP contribution in [0.25, 0.3) is 0 Å². The Balaban J connectivity index is 1.80. The predicted molar refractivity (Wildman–Crippen MR) is 105 cm³/mol. The largest absolute Gasteiger partial charge is 0.497 e. The average Bonchev–Trinajstić information content (AvgIpc) is 3.29. The van der Waals surface area contributed by atoms with Gasteiger partial charge in [0.05, 0.1) is 13.2 Å². The van der Waals surface area contributed by atoms with E-state index in [1.165, 1.54) is 12.1 Å². The molecule has 1 aromatic carbocycles. The molecule has 28 heavy (non-hydrogen) atoms. The van der Waals surface area contributed by atoms with Gasteiger partial charge >= 0.3 is 0 Å². The highest BCUT2D eigenvalue weighted by Gasteiger charge is 2.33. The fraction of sp³-hybridized carbons (Fsp3) is 0.450. The smallest absolute Gasteiger partial charge is 0.290 e. The summed E-state index contributed by atoms with van der Waals surface area (Å²) in [5, 5.41) is -0.258. The molecular formula is C20H26N2O5S. The molecule has 1 fully saturated rings. The zero-order valence-corrected chi connectivity index (χ0v) is 17.4. The third-order valence-corrected chi connectivity index (χ3v) is 6.14. The molecule has 1 aliphatic heterocycles. The lowest BCUT2D eigenvalue weighted by Gasteiger charge is -2.24. The normalized spacial score (nSPS) is 17.7.